The average Bonchev–Trinajstić information content (AvgIpc) is 2.32. The molecular weight excluding hydrogens is 354 g/mol. The predicted molar refractivity (Wildman–Crippen MR) is 92.3 cm³/mol. The van der Waals surface area contributed by atoms with E-state index in [2.05, 4.69) is 44.9 Å². The van der Waals surface area contributed by atoms with Crippen molar-refractivity contribution in [1.82, 2.24) is 0 Å². The summed E-state index contributed by atoms with van der Waals surface area (Å²) in [5.41, 5.74) is 3.33. The van der Waals surface area contributed by atoms with Crippen LogP contribution in [0.2, 0.25) is 0 Å². The Morgan fingerprint density at radius 3 is 2.19 bits per heavy atom. The van der Waals surface area contributed by atoms with Crippen molar-refractivity contribution in [2.75, 3.05) is 18.1 Å². The molecule has 1 saturated carbocycles. The van der Waals surface area contributed by atoms with Crippen LogP contribution in [0.4, 0.5) is 5.69 Å². The molecule has 0 saturated heterocycles. The summed E-state index contributed by atoms with van der Waals surface area (Å²) in [4.78, 5) is 12.7. The molecule has 2 nitrogen and oxygen atoms in total. The number of carbonyl (C=O) groups excluding carboxylic acids is 1. The van der Waals surface area contributed by atoms with E-state index in [-0.39, 0.29) is 51.2 Å². The molecular formula is C17H28NOPY. The Balaban J connectivity index is 0.00000200. The van der Waals surface area contributed by atoms with Crippen LogP contribution in [0.5, 0.6) is 0 Å². The third-order valence-electron chi connectivity index (χ3n) is 4.71. The molecule has 4 heteroatoms. The number of hydrogen-bond acceptors (Lipinski definition) is 1. The maximum Gasteiger partial charge on any atom is 0.267 e. The van der Waals surface area contributed by atoms with Gasteiger partial charge in [0.15, 0.2) is 5.16 Å². The maximum atomic E-state index is 12.7. The molecule has 0 aromatic heterocycles. The molecule has 1 fully saturated rings. The first-order valence-corrected chi connectivity index (χ1v) is 9.42. The van der Waals surface area contributed by atoms with Crippen molar-refractivity contribution in [1.29, 1.82) is 0 Å². The summed E-state index contributed by atoms with van der Waals surface area (Å²) >= 11 is 0. The van der Waals surface area contributed by atoms with Gasteiger partial charge in [-0.2, -0.15) is 0 Å². The van der Waals surface area contributed by atoms with Gasteiger partial charge in [-0.3, -0.25) is 4.79 Å². The van der Waals surface area contributed by atoms with Crippen LogP contribution in [0.25, 0.3) is 0 Å². The van der Waals surface area contributed by atoms with Crippen LogP contribution in [0, 0.1) is 21.3 Å². The van der Waals surface area contributed by atoms with Gasteiger partial charge < -0.3 is 12.7 Å². The van der Waals surface area contributed by atoms with Gasteiger partial charge >= 0.3 is 0 Å². The number of anilines is 1. The monoisotopic (exact) mass is 382 g/mol. The first-order valence-electron chi connectivity index (χ1n) is 7.22. The van der Waals surface area contributed by atoms with Gasteiger partial charge in [-0.15, -0.1) is 0 Å². The van der Waals surface area contributed by atoms with Gasteiger partial charge in [-0.1, -0.05) is 18.2 Å². The standard InChI is InChI=1S/C16H24NOP.CH3.Y/c1-5-19(4)16(10-7-11-16)15(18)17-14-12(2)8-6-9-13(14)3;;/h6,8-9H,5,7,10-11H2,1-4H3,(H,17,18);1H3;/q;-1;/p+1. The molecule has 0 heterocycles. The number of hydrogen-bond donors (Lipinski definition) is 1. The number of rotatable bonds is 4. The molecule has 1 aliphatic carbocycles. The molecule has 1 unspecified atom stereocenters. The fourth-order valence-corrected chi connectivity index (χ4v) is 5.30. The third-order valence-corrected chi connectivity index (χ3v) is 8.13. The summed E-state index contributed by atoms with van der Waals surface area (Å²) in [7, 11) is -0.585. The largest absolute Gasteiger partial charge is 0.358 e. The van der Waals surface area contributed by atoms with Crippen LogP contribution >= 0.6 is 7.92 Å². The Hall–Kier alpha value is 0.224. The van der Waals surface area contributed by atoms with Crippen LogP contribution in [0.15, 0.2) is 18.2 Å². The number of benzene rings is 1. The van der Waals surface area contributed by atoms with Gasteiger partial charge in [-0.25, -0.2) is 0 Å². The fraction of sp³-hybridized carbons (Fsp3) is 0.529. The van der Waals surface area contributed by atoms with E-state index in [9.17, 15) is 4.79 Å². The average molecular weight is 382 g/mol. The molecule has 1 radical (unpaired) electrons. The van der Waals surface area contributed by atoms with Gasteiger partial charge in [0.25, 0.3) is 5.91 Å². The van der Waals surface area contributed by atoms with E-state index < -0.39 is 7.92 Å². The second kappa shape index (κ2) is 8.75. The van der Waals surface area contributed by atoms with Gasteiger partial charge in [0.2, 0.25) is 0 Å². The Morgan fingerprint density at radius 2 is 1.81 bits per heavy atom. The van der Waals surface area contributed by atoms with Gasteiger partial charge in [-0.05, 0) is 51.2 Å². The predicted octanol–water partition coefficient (Wildman–Crippen LogP) is 4.48. The van der Waals surface area contributed by atoms with Crippen LogP contribution < -0.4 is 5.32 Å². The van der Waals surface area contributed by atoms with Crippen molar-refractivity contribution in [3.8, 4) is 0 Å². The second-order valence-electron chi connectivity index (χ2n) is 5.79. The number of amides is 1. The summed E-state index contributed by atoms with van der Waals surface area (Å²) in [6.45, 7) is 8.66. The molecule has 21 heavy (non-hydrogen) atoms. The normalized spacial score (nSPS) is 16.8. The van der Waals surface area contributed by atoms with Crippen molar-refractivity contribution in [2.24, 2.45) is 0 Å². The Labute approximate surface area is 156 Å². The molecule has 0 bridgehead atoms. The Kier molecular flexibility index (Phi) is 8.84. The molecule has 115 valence electrons. The molecule has 0 spiro atoms. The first-order chi connectivity index (χ1) is 9.01. The molecule has 1 atom stereocenters. The summed E-state index contributed by atoms with van der Waals surface area (Å²) in [6.07, 6.45) is 4.55. The third kappa shape index (κ3) is 4.15. The van der Waals surface area contributed by atoms with Crippen LogP contribution in [-0.4, -0.2) is 23.9 Å². The minimum Gasteiger partial charge on any atom is -0.358 e. The molecule has 1 amide bonds. The minimum atomic E-state index is -0.585. The van der Waals surface area contributed by atoms with Crippen molar-refractivity contribution in [2.45, 2.75) is 45.2 Å². The quantitative estimate of drug-likeness (QED) is 0.604. The topological polar surface area (TPSA) is 29.1 Å². The van der Waals surface area contributed by atoms with Gasteiger partial charge in [0.05, 0.1) is 6.16 Å². The Bertz CT molecular complexity index is 465. The van der Waals surface area contributed by atoms with E-state index >= 15 is 0 Å². The van der Waals surface area contributed by atoms with E-state index in [1.54, 1.807) is 0 Å². The van der Waals surface area contributed by atoms with Crippen molar-refractivity contribution in [3.05, 3.63) is 36.8 Å². The van der Waals surface area contributed by atoms with Gasteiger partial charge in [0, 0.05) is 53.0 Å². The summed E-state index contributed by atoms with van der Waals surface area (Å²) in [6, 6.07) is 6.17. The molecule has 2 rings (SSSR count). The van der Waals surface area contributed by atoms with E-state index in [4.69, 9.17) is 0 Å². The van der Waals surface area contributed by atoms with Crippen molar-refractivity contribution in [3.63, 3.8) is 0 Å². The molecule has 1 aromatic rings. The molecule has 1 aliphatic rings. The second-order valence-corrected chi connectivity index (χ2v) is 9.02. The van der Waals surface area contributed by atoms with E-state index in [0.29, 0.717) is 0 Å². The smallest absolute Gasteiger partial charge is 0.267 e. The number of para-hydroxylation sites is 1. The summed E-state index contributed by atoms with van der Waals surface area (Å²) in [5.74, 6) is 0.273. The minimum absolute atomic E-state index is 0. The van der Waals surface area contributed by atoms with Crippen molar-refractivity contribution < 1.29 is 37.5 Å². The fourth-order valence-electron chi connectivity index (χ4n) is 2.96. The molecule has 1 N–H and O–H groups in total. The molecule has 1 aromatic carbocycles. The molecule has 0 aliphatic heterocycles. The first kappa shape index (κ1) is 21.2. The number of aryl methyl sites for hydroxylation is 2. The number of carbonyl (C=O) groups is 1. The zero-order valence-electron chi connectivity index (χ0n) is 14.0. The number of nitrogens with one attached hydrogen (secondary N) is 1. The van der Waals surface area contributed by atoms with Crippen LogP contribution in [0.3, 0.4) is 0 Å². The van der Waals surface area contributed by atoms with E-state index in [0.717, 1.165) is 29.7 Å². The zero-order valence-corrected chi connectivity index (χ0v) is 17.9. The summed E-state index contributed by atoms with van der Waals surface area (Å²) < 4.78 is 0. The Morgan fingerprint density at radius 1 is 1.29 bits per heavy atom. The van der Waals surface area contributed by atoms with Crippen LogP contribution in [-0.2, 0) is 37.5 Å². The van der Waals surface area contributed by atoms with Gasteiger partial charge in [0.1, 0.15) is 0 Å². The van der Waals surface area contributed by atoms with E-state index in [1.165, 1.54) is 12.6 Å². The van der Waals surface area contributed by atoms with E-state index in [1.807, 2.05) is 6.07 Å². The van der Waals surface area contributed by atoms with Crippen LogP contribution in [0.1, 0.15) is 37.3 Å². The SMILES string of the molecule is CC[PH+](C)C1(C(=O)Nc2c(C)cccc2C)CCC1.[CH3-].[Y]. The maximum absolute atomic E-state index is 12.7. The van der Waals surface area contributed by atoms with Crippen molar-refractivity contribution >= 4 is 19.5 Å². The summed E-state index contributed by atoms with van der Waals surface area (Å²) in [5, 5.41) is 3.20. The zero-order chi connectivity index (χ0) is 14.0.